The molecule has 3 heteroatoms. The van der Waals surface area contributed by atoms with Gasteiger partial charge in [-0.05, 0) is 0 Å². The van der Waals surface area contributed by atoms with Crippen LogP contribution >= 0.6 is 17.7 Å². The predicted molar refractivity (Wildman–Crippen MR) is 62.8 cm³/mol. The fourth-order valence-electron chi connectivity index (χ4n) is 1.79. The zero-order chi connectivity index (χ0) is 10.2. The second-order valence-electron chi connectivity index (χ2n) is 4.38. The van der Waals surface area contributed by atoms with Gasteiger partial charge in [0.1, 0.15) is 0 Å². The molecule has 0 saturated carbocycles. The van der Waals surface area contributed by atoms with Crippen molar-refractivity contribution in [3.63, 3.8) is 0 Å². The Morgan fingerprint density at radius 2 is 0.833 bits per heavy atom. The summed E-state index contributed by atoms with van der Waals surface area (Å²) < 4.78 is 1.38. The average molecular weight is 322 g/mol. The van der Waals surface area contributed by atoms with E-state index < -0.39 is 15.1 Å². The summed E-state index contributed by atoms with van der Waals surface area (Å²) in [7, 11) is 13.5. The Labute approximate surface area is 85.4 Å². The summed E-state index contributed by atoms with van der Waals surface area (Å²) >= 11 is -3.34. The first-order valence-electron chi connectivity index (χ1n) is 4.58. The summed E-state index contributed by atoms with van der Waals surface area (Å²) in [5.41, 5.74) is 0. The molecule has 0 amide bonds. The first-order chi connectivity index (χ1) is 5.13. The fraction of sp³-hybridized carbons (Fsp3) is 1.00. The molecule has 0 aliphatic heterocycles. The molecule has 0 heterocycles. The quantitative estimate of drug-likeness (QED) is 0.635. The molecule has 76 valence electrons. The molecule has 0 saturated heterocycles. The van der Waals surface area contributed by atoms with Crippen LogP contribution in [0.2, 0.25) is 11.6 Å². The van der Waals surface area contributed by atoms with E-state index in [0.717, 1.165) is 0 Å². The van der Waals surface area contributed by atoms with E-state index in [1.807, 2.05) is 0 Å². The topological polar surface area (TPSA) is 0 Å². The van der Waals surface area contributed by atoms with Gasteiger partial charge in [0.25, 0.3) is 0 Å². The van der Waals surface area contributed by atoms with E-state index in [0.29, 0.717) is 11.6 Å². The number of hydrogen-bond donors (Lipinski definition) is 0. The van der Waals surface area contributed by atoms with Gasteiger partial charge in [-0.1, -0.05) is 0 Å². The van der Waals surface area contributed by atoms with Gasteiger partial charge in [-0.3, -0.25) is 0 Å². The van der Waals surface area contributed by atoms with E-state index in [-0.39, 0.29) is 0 Å². The van der Waals surface area contributed by atoms with Crippen molar-refractivity contribution in [2.24, 2.45) is 0 Å². The van der Waals surface area contributed by atoms with Crippen molar-refractivity contribution in [2.75, 3.05) is 0 Å². The van der Waals surface area contributed by atoms with Crippen LogP contribution in [0.3, 0.4) is 0 Å². The molecule has 0 unspecified atom stereocenters. The van der Waals surface area contributed by atoms with Crippen LogP contribution in [0.5, 0.6) is 0 Å². The van der Waals surface area contributed by atoms with Crippen molar-refractivity contribution >= 4 is 32.8 Å². The van der Waals surface area contributed by atoms with Crippen molar-refractivity contribution < 1.29 is 0 Å². The molecule has 0 fully saturated rings. The van der Waals surface area contributed by atoms with Crippen LogP contribution < -0.4 is 0 Å². The van der Waals surface area contributed by atoms with Crippen LogP contribution in [0.25, 0.3) is 0 Å². The van der Waals surface area contributed by atoms with Gasteiger partial charge in [0.2, 0.25) is 0 Å². The zero-order valence-electron chi connectivity index (χ0n) is 8.94. The summed E-state index contributed by atoms with van der Waals surface area (Å²) in [6.07, 6.45) is 0. The molecule has 0 atom stereocenters. The standard InChI is InChI=1S/3C3H7.2ClH.Sb/c3*1-3-2;;;/h3*3H,1-2H3;2*1H;/q;;;;;+2/p-2. The third-order valence-electron chi connectivity index (χ3n) is 2.96. The first-order valence-corrected chi connectivity index (χ1v) is 15.5. The Morgan fingerprint density at radius 3 is 0.833 bits per heavy atom. The predicted octanol–water partition coefficient (Wildman–Crippen LogP) is 5.09. The van der Waals surface area contributed by atoms with Crippen LogP contribution in [-0.2, 0) is 0 Å². The normalized spacial score (nSPS) is 17.1. The van der Waals surface area contributed by atoms with Crippen molar-refractivity contribution in [1.82, 2.24) is 0 Å². The third kappa shape index (κ3) is 1.91. The maximum absolute atomic E-state index is 6.77. The maximum atomic E-state index is 6.77. The molecule has 0 rings (SSSR count). The van der Waals surface area contributed by atoms with Crippen molar-refractivity contribution in [1.29, 1.82) is 0 Å². The van der Waals surface area contributed by atoms with Gasteiger partial charge in [0.15, 0.2) is 0 Å². The van der Waals surface area contributed by atoms with E-state index in [1.54, 1.807) is 0 Å². The summed E-state index contributed by atoms with van der Waals surface area (Å²) in [5, 5.41) is 0. The molecular weight excluding hydrogens is 301 g/mol. The Hall–Kier alpha value is 1.40. The Bertz CT molecular complexity index is 133. The Kier molecular flexibility index (Phi) is 4.32. The van der Waals surface area contributed by atoms with Crippen LogP contribution in [0.4, 0.5) is 0 Å². The fourth-order valence-corrected chi connectivity index (χ4v) is 12.0. The summed E-state index contributed by atoms with van der Waals surface area (Å²) in [6.45, 7) is 13.0. The van der Waals surface area contributed by atoms with Crippen LogP contribution in [0.1, 0.15) is 41.5 Å². The molecular formula is C9H21Cl2Sb. The van der Waals surface area contributed by atoms with Crippen molar-refractivity contribution in [3.8, 4) is 0 Å². The molecule has 0 aromatic heterocycles. The molecule has 0 aromatic carbocycles. The van der Waals surface area contributed by atoms with E-state index in [2.05, 4.69) is 41.5 Å². The zero-order valence-corrected chi connectivity index (χ0v) is 13.0. The van der Waals surface area contributed by atoms with Gasteiger partial charge in [-0.25, -0.2) is 0 Å². The monoisotopic (exact) mass is 320 g/mol. The molecule has 0 radical (unpaired) electrons. The summed E-state index contributed by atoms with van der Waals surface area (Å²) in [5.74, 6) is 0. The molecule has 0 aliphatic carbocycles. The Balaban J connectivity index is 5.09. The van der Waals surface area contributed by atoms with Gasteiger partial charge in [-0.15, -0.1) is 0 Å². The average Bonchev–Trinajstić information content (AvgIpc) is 1.86. The van der Waals surface area contributed by atoms with Crippen molar-refractivity contribution in [2.45, 2.75) is 53.1 Å². The first kappa shape index (κ1) is 13.4. The summed E-state index contributed by atoms with van der Waals surface area (Å²) in [6, 6.07) is 0. The molecule has 0 N–H and O–H groups in total. The number of rotatable bonds is 3. The molecule has 0 aromatic rings. The van der Waals surface area contributed by atoms with Gasteiger partial charge in [-0.2, -0.15) is 0 Å². The van der Waals surface area contributed by atoms with Crippen LogP contribution in [-0.4, -0.2) is 15.1 Å². The number of halogens is 2. The molecule has 12 heavy (non-hydrogen) atoms. The second-order valence-corrected chi connectivity index (χ2v) is 30.8. The molecule has 0 nitrogen and oxygen atoms in total. The van der Waals surface area contributed by atoms with E-state index in [4.69, 9.17) is 17.7 Å². The van der Waals surface area contributed by atoms with E-state index in [9.17, 15) is 0 Å². The molecule has 0 bridgehead atoms. The van der Waals surface area contributed by atoms with Crippen LogP contribution in [0.15, 0.2) is 0 Å². The van der Waals surface area contributed by atoms with E-state index in [1.165, 1.54) is 0 Å². The minimum absolute atomic E-state index is 0.459. The third-order valence-corrected chi connectivity index (χ3v) is 35.6. The van der Waals surface area contributed by atoms with Crippen LogP contribution in [0, 0.1) is 0 Å². The molecule has 0 spiro atoms. The van der Waals surface area contributed by atoms with Gasteiger partial charge in [0.05, 0.1) is 0 Å². The summed E-state index contributed by atoms with van der Waals surface area (Å²) in [4.78, 5) is 0. The Morgan fingerprint density at radius 1 is 0.667 bits per heavy atom. The van der Waals surface area contributed by atoms with Crippen molar-refractivity contribution in [3.05, 3.63) is 0 Å². The van der Waals surface area contributed by atoms with Gasteiger partial charge < -0.3 is 0 Å². The SMILES string of the molecule is C[CH](C)[Sb]([Cl])([Cl])([CH](C)C)[CH](C)C. The van der Waals surface area contributed by atoms with E-state index >= 15 is 0 Å². The van der Waals surface area contributed by atoms with Gasteiger partial charge >= 0.3 is 85.9 Å². The second kappa shape index (κ2) is 3.87. The number of hydrogen-bond acceptors (Lipinski definition) is 0. The minimum atomic E-state index is -3.34. The molecule has 0 aliphatic rings. The van der Waals surface area contributed by atoms with Gasteiger partial charge in [0, 0.05) is 0 Å².